The van der Waals surface area contributed by atoms with Crippen LogP contribution in [0.2, 0.25) is 0 Å². The van der Waals surface area contributed by atoms with Crippen LogP contribution in [0, 0.1) is 5.92 Å². The molecule has 1 rings (SSSR count). The highest BCUT2D eigenvalue weighted by Gasteiger charge is 2.12. The van der Waals surface area contributed by atoms with Gasteiger partial charge in [0, 0.05) is 6.42 Å². The van der Waals surface area contributed by atoms with Gasteiger partial charge in [-0.1, -0.05) is 31.2 Å². The van der Waals surface area contributed by atoms with Crippen LogP contribution in [0.4, 0.5) is 0 Å². The van der Waals surface area contributed by atoms with Crippen LogP contribution in [0.5, 0.6) is 0 Å². The summed E-state index contributed by atoms with van der Waals surface area (Å²) in [6.45, 7) is 5.74. The molecule has 0 aliphatic heterocycles. The van der Waals surface area contributed by atoms with Gasteiger partial charge in [0.15, 0.2) is 5.78 Å². The largest absolute Gasteiger partial charge is 0.295 e. The zero-order chi connectivity index (χ0) is 9.68. The third-order valence-electron chi connectivity index (χ3n) is 2.21. The van der Waals surface area contributed by atoms with Gasteiger partial charge in [0.25, 0.3) is 0 Å². The molecular weight excluding hydrogens is 160 g/mol. The lowest BCUT2D eigenvalue weighted by Crippen LogP contribution is -2.07. The normalized spacial score (nSPS) is 21.0. The second-order valence-electron chi connectivity index (χ2n) is 3.51. The Balaban J connectivity index is 2.51. The van der Waals surface area contributed by atoms with E-state index in [1.54, 1.807) is 6.08 Å². The molecule has 1 aliphatic carbocycles. The van der Waals surface area contributed by atoms with E-state index < -0.39 is 0 Å². The first-order chi connectivity index (χ1) is 6.24. The van der Waals surface area contributed by atoms with Crippen molar-refractivity contribution >= 4 is 5.78 Å². The molecule has 0 saturated heterocycles. The Kier molecular flexibility index (Phi) is 3.69. The highest BCUT2D eigenvalue weighted by Crippen LogP contribution is 2.19. The molecule has 1 unspecified atom stereocenters. The third kappa shape index (κ3) is 3.02. The summed E-state index contributed by atoms with van der Waals surface area (Å²) in [6.07, 6.45) is 10.1. The lowest BCUT2D eigenvalue weighted by Gasteiger charge is -2.12. The Morgan fingerprint density at radius 1 is 1.77 bits per heavy atom. The smallest absolute Gasteiger partial charge is 0.159 e. The van der Waals surface area contributed by atoms with Gasteiger partial charge in [0.2, 0.25) is 0 Å². The minimum Gasteiger partial charge on any atom is -0.295 e. The van der Waals surface area contributed by atoms with Gasteiger partial charge in [0.1, 0.15) is 0 Å². The molecule has 0 aromatic rings. The minimum absolute atomic E-state index is 0.274. The summed E-state index contributed by atoms with van der Waals surface area (Å²) in [6, 6.07) is 0. The van der Waals surface area contributed by atoms with Crippen molar-refractivity contribution in [1.29, 1.82) is 0 Å². The van der Waals surface area contributed by atoms with E-state index in [-0.39, 0.29) is 5.78 Å². The van der Waals surface area contributed by atoms with Crippen molar-refractivity contribution in [2.24, 2.45) is 5.92 Å². The van der Waals surface area contributed by atoms with Crippen LogP contribution in [0.3, 0.4) is 0 Å². The number of carbonyl (C=O) groups excluding carboxylic acids is 1. The number of allylic oxidation sites excluding steroid dienone is 5. The summed E-state index contributed by atoms with van der Waals surface area (Å²) in [7, 11) is 0. The van der Waals surface area contributed by atoms with E-state index in [9.17, 15) is 4.79 Å². The maximum Gasteiger partial charge on any atom is 0.159 e. The Morgan fingerprint density at radius 3 is 3.15 bits per heavy atom. The summed E-state index contributed by atoms with van der Waals surface area (Å²) in [5.41, 5.74) is 0.969. The molecule has 1 atom stereocenters. The number of ketones is 1. The number of carbonyl (C=O) groups is 1. The van der Waals surface area contributed by atoms with Crippen LogP contribution in [0.15, 0.2) is 36.5 Å². The van der Waals surface area contributed by atoms with Gasteiger partial charge >= 0.3 is 0 Å². The highest BCUT2D eigenvalue weighted by molar-refractivity contribution is 5.95. The van der Waals surface area contributed by atoms with Crippen LogP contribution in [0.1, 0.15) is 26.2 Å². The molecule has 0 aromatic carbocycles. The SMILES string of the molecule is C=CCCC(=O)C1=CC=CC(C)C1. The van der Waals surface area contributed by atoms with Crippen LogP contribution < -0.4 is 0 Å². The molecule has 0 amide bonds. The summed E-state index contributed by atoms with van der Waals surface area (Å²) in [4.78, 5) is 11.6. The van der Waals surface area contributed by atoms with Gasteiger partial charge in [-0.25, -0.2) is 0 Å². The number of Topliss-reactive ketones (excluding diaryl/α,β-unsaturated/α-hetero) is 1. The standard InChI is InChI=1S/C12H16O/c1-3-4-8-12(13)11-7-5-6-10(2)9-11/h3,5-7,10H,1,4,8-9H2,2H3. The van der Waals surface area contributed by atoms with Crippen molar-refractivity contribution in [2.75, 3.05) is 0 Å². The summed E-state index contributed by atoms with van der Waals surface area (Å²) < 4.78 is 0. The molecule has 1 nitrogen and oxygen atoms in total. The predicted molar refractivity (Wildman–Crippen MR) is 55.4 cm³/mol. The molecule has 0 saturated carbocycles. The topological polar surface area (TPSA) is 17.1 Å². The number of rotatable bonds is 4. The maximum atomic E-state index is 11.6. The molecule has 0 aromatic heterocycles. The van der Waals surface area contributed by atoms with E-state index >= 15 is 0 Å². The summed E-state index contributed by atoms with van der Waals surface area (Å²) in [5, 5.41) is 0. The van der Waals surface area contributed by atoms with E-state index in [1.807, 2.05) is 12.2 Å². The first-order valence-corrected chi connectivity index (χ1v) is 4.75. The van der Waals surface area contributed by atoms with Crippen LogP contribution in [-0.2, 0) is 4.79 Å². The Bertz CT molecular complexity index is 258. The molecule has 0 radical (unpaired) electrons. The van der Waals surface area contributed by atoms with E-state index in [1.165, 1.54) is 0 Å². The lowest BCUT2D eigenvalue weighted by molar-refractivity contribution is -0.115. The van der Waals surface area contributed by atoms with E-state index in [4.69, 9.17) is 0 Å². The molecule has 0 N–H and O–H groups in total. The van der Waals surface area contributed by atoms with Gasteiger partial charge < -0.3 is 0 Å². The van der Waals surface area contributed by atoms with Gasteiger partial charge in [0.05, 0.1) is 0 Å². The van der Waals surface area contributed by atoms with Gasteiger partial charge in [-0.3, -0.25) is 4.79 Å². The molecule has 0 bridgehead atoms. The molecule has 70 valence electrons. The van der Waals surface area contributed by atoms with E-state index in [0.717, 1.165) is 18.4 Å². The lowest BCUT2D eigenvalue weighted by atomic mass is 9.92. The molecular formula is C12H16O. The quantitative estimate of drug-likeness (QED) is 0.602. The molecule has 0 fully saturated rings. The zero-order valence-electron chi connectivity index (χ0n) is 8.12. The van der Waals surface area contributed by atoms with Crippen molar-refractivity contribution < 1.29 is 4.79 Å². The van der Waals surface area contributed by atoms with Crippen molar-refractivity contribution in [3.05, 3.63) is 36.5 Å². The fourth-order valence-electron chi connectivity index (χ4n) is 1.44. The zero-order valence-corrected chi connectivity index (χ0v) is 8.12. The van der Waals surface area contributed by atoms with E-state index in [2.05, 4.69) is 19.6 Å². The average Bonchev–Trinajstić information content (AvgIpc) is 2.14. The van der Waals surface area contributed by atoms with Crippen molar-refractivity contribution in [1.82, 2.24) is 0 Å². The Labute approximate surface area is 79.8 Å². The molecule has 0 heterocycles. The van der Waals surface area contributed by atoms with Gasteiger partial charge in [-0.15, -0.1) is 6.58 Å². The highest BCUT2D eigenvalue weighted by atomic mass is 16.1. The fourth-order valence-corrected chi connectivity index (χ4v) is 1.44. The molecule has 1 heteroatoms. The van der Waals surface area contributed by atoms with Crippen LogP contribution >= 0.6 is 0 Å². The average molecular weight is 176 g/mol. The summed E-state index contributed by atoms with van der Waals surface area (Å²) >= 11 is 0. The monoisotopic (exact) mass is 176 g/mol. The Hall–Kier alpha value is -1.11. The second-order valence-corrected chi connectivity index (χ2v) is 3.51. The van der Waals surface area contributed by atoms with Crippen molar-refractivity contribution in [2.45, 2.75) is 26.2 Å². The first-order valence-electron chi connectivity index (χ1n) is 4.75. The predicted octanol–water partition coefficient (Wildman–Crippen LogP) is 3.04. The third-order valence-corrected chi connectivity index (χ3v) is 2.21. The molecule has 0 spiro atoms. The van der Waals surface area contributed by atoms with Gasteiger partial charge in [-0.05, 0) is 24.3 Å². The van der Waals surface area contributed by atoms with E-state index in [0.29, 0.717) is 12.3 Å². The van der Waals surface area contributed by atoms with Crippen LogP contribution in [-0.4, -0.2) is 5.78 Å². The first kappa shape index (κ1) is 9.97. The number of hydrogen-bond donors (Lipinski definition) is 0. The molecule has 1 aliphatic rings. The summed E-state index contributed by atoms with van der Waals surface area (Å²) in [5.74, 6) is 0.781. The van der Waals surface area contributed by atoms with Crippen LogP contribution in [0.25, 0.3) is 0 Å². The number of hydrogen-bond acceptors (Lipinski definition) is 1. The maximum absolute atomic E-state index is 11.6. The Morgan fingerprint density at radius 2 is 2.54 bits per heavy atom. The minimum atomic E-state index is 0.274. The van der Waals surface area contributed by atoms with Crippen molar-refractivity contribution in [3.63, 3.8) is 0 Å². The molecule has 13 heavy (non-hydrogen) atoms. The fraction of sp³-hybridized carbons (Fsp3) is 0.417. The second kappa shape index (κ2) is 4.80. The van der Waals surface area contributed by atoms with Crippen molar-refractivity contribution in [3.8, 4) is 0 Å². The van der Waals surface area contributed by atoms with Gasteiger partial charge in [-0.2, -0.15) is 0 Å².